The minimum absolute atomic E-state index is 0.120. The lowest BCUT2D eigenvalue weighted by Gasteiger charge is -2.11. The van der Waals surface area contributed by atoms with Crippen LogP contribution in [0.4, 0.5) is 0 Å². The monoisotopic (exact) mass is 345 g/mol. The molecule has 1 heterocycles. The Labute approximate surface area is 151 Å². The number of phenolic OH excluding ortho intramolecular Hbond substituents is 1. The van der Waals surface area contributed by atoms with Gasteiger partial charge >= 0.3 is 0 Å². The maximum atomic E-state index is 10.5. The van der Waals surface area contributed by atoms with Crippen molar-refractivity contribution in [1.82, 2.24) is 5.16 Å². The zero-order valence-electron chi connectivity index (χ0n) is 14.7. The maximum absolute atomic E-state index is 10.5. The molecule has 1 aromatic heterocycles. The molecule has 4 aromatic rings. The van der Waals surface area contributed by atoms with Crippen LogP contribution in [-0.4, -0.2) is 17.4 Å². The molecule has 0 bridgehead atoms. The molecule has 1 N–H and O–H groups in total. The minimum atomic E-state index is 0.120. The smallest absolute Gasteiger partial charge is 0.132 e. The highest BCUT2D eigenvalue weighted by molar-refractivity contribution is 5.90. The first kappa shape index (κ1) is 16.2. The van der Waals surface area contributed by atoms with Gasteiger partial charge in [-0.05, 0) is 40.5 Å². The van der Waals surface area contributed by atoms with Crippen LogP contribution in [0.1, 0.15) is 12.5 Å². The van der Waals surface area contributed by atoms with Crippen molar-refractivity contribution in [3.63, 3.8) is 0 Å². The van der Waals surface area contributed by atoms with Crippen LogP contribution < -0.4 is 4.74 Å². The number of aryl methyl sites for hydroxylation is 1. The summed E-state index contributed by atoms with van der Waals surface area (Å²) in [6, 6.07) is 18.0. The molecule has 130 valence electrons. The number of rotatable bonds is 4. The number of aromatic nitrogens is 1. The second-order valence-corrected chi connectivity index (χ2v) is 6.17. The average Bonchev–Trinajstić information content (AvgIpc) is 3.16. The van der Waals surface area contributed by atoms with Gasteiger partial charge in [0.05, 0.1) is 7.11 Å². The summed E-state index contributed by atoms with van der Waals surface area (Å²) in [6.07, 6.45) is 2.41. The number of hydrogen-bond acceptors (Lipinski definition) is 4. The first-order valence-corrected chi connectivity index (χ1v) is 8.55. The summed E-state index contributed by atoms with van der Waals surface area (Å²) >= 11 is 0. The van der Waals surface area contributed by atoms with E-state index in [9.17, 15) is 5.11 Å². The van der Waals surface area contributed by atoms with Crippen molar-refractivity contribution in [3.05, 3.63) is 66.4 Å². The van der Waals surface area contributed by atoms with Gasteiger partial charge < -0.3 is 14.4 Å². The molecule has 4 heteroatoms. The minimum Gasteiger partial charge on any atom is -0.507 e. The summed E-state index contributed by atoms with van der Waals surface area (Å²) in [6.45, 7) is 2.05. The lowest BCUT2D eigenvalue weighted by atomic mass is 9.97. The third-order valence-electron chi connectivity index (χ3n) is 4.66. The SMILES string of the molecule is CCc1cc(-c2nocc2-c2ccc3ccccc3c2)c(O)cc1OC. The van der Waals surface area contributed by atoms with E-state index in [-0.39, 0.29) is 5.75 Å². The van der Waals surface area contributed by atoms with Gasteiger partial charge in [0, 0.05) is 17.2 Å². The molecule has 0 amide bonds. The van der Waals surface area contributed by atoms with Crippen LogP contribution in [0.15, 0.2) is 65.4 Å². The number of nitrogens with zero attached hydrogens (tertiary/aromatic N) is 1. The Kier molecular flexibility index (Phi) is 4.09. The second-order valence-electron chi connectivity index (χ2n) is 6.17. The maximum Gasteiger partial charge on any atom is 0.132 e. The summed E-state index contributed by atoms with van der Waals surface area (Å²) < 4.78 is 10.6. The molecule has 0 aliphatic carbocycles. The van der Waals surface area contributed by atoms with Gasteiger partial charge in [0.1, 0.15) is 23.5 Å². The van der Waals surface area contributed by atoms with Gasteiger partial charge in [-0.2, -0.15) is 0 Å². The van der Waals surface area contributed by atoms with Crippen molar-refractivity contribution in [2.24, 2.45) is 0 Å². The number of phenols is 1. The fourth-order valence-corrected chi connectivity index (χ4v) is 3.26. The quantitative estimate of drug-likeness (QED) is 0.535. The Morgan fingerprint density at radius 2 is 1.81 bits per heavy atom. The predicted octanol–water partition coefficient (Wildman–Crippen LogP) is 5.44. The molecule has 0 saturated heterocycles. The van der Waals surface area contributed by atoms with E-state index >= 15 is 0 Å². The molecule has 0 atom stereocenters. The first-order valence-electron chi connectivity index (χ1n) is 8.55. The van der Waals surface area contributed by atoms with E-state index in [0.29, 0.717) is 17.0 Å². The first-order chi connectivity index (χ1) is 12.7. The van der Waals surface area contributed by atoms with Crippen molar-refractivity contribution in [3.8, 4) is 33.9 Å². The van der Waals surface area contributed by atoms with Crippen LogP contribution in [0.25, 0.3) is 33.2 Å². The molecule has 0 unspecified atom stereocenters. The fourth-order valence-electron chi connectivity index (χ4n) is 3.26. The summed E-state index contributed by atoms with van der Waals surface area (Å²) in [7, 11) is 1.60. The Morgan fingerprint density at radius 3 is 2.58 bits per heavy atom. The van der Waals surface area contributed by atoms with Gasteiger partial charge in [0.2, 0.25) is 0 Å². The highest BCUT2D eigenvalue weighted by Gasteiger charge is 2.18. The van der Waals surface area contributed by atoms with E-state index in [1.54, 1.807) is 19.4 Å². The molecule has 0 aliphatic heterocycles. The van der Waals surface area contributed by atoms with Gasteiger partial charge in [0.25, 0.3) is 0 Å². The zero-order chi connectivity index (χ0) is 18.1. The van der Waals surface area contributed by atoms with Crippen molar-refractivity contribution in [2.75, 3.05) is 7.11 Å². The summed E-state index contributed by atoms with van der Waals surface area (Å²) in [5, 5.41) is 17.0. The Hall–Kier alpha value is -3.27. The molecule has 0 aliphatic rings. The van der Waals surface area contributed by atoms with Gasteiger partial charge in [-0.3, -0.25) is 0 Å². The molecular formula is C22H19NO3. The van der Waals surface area contributed by atoms with Gasteiger partial charge in [0.15, 0.2) is 0 Å². The average molecular weight is 345 g/mol. The Bertz CT molecular complexity index is 1080. The normalized spacial score (nSPS) is 11.0. The van der Waals surface area contributed by atoms with E-state index in [0.717, 1.165) is 28.5 Å². The molecule has 0 saturated carbocycles. The van der Waals surface area contributed by atoms with E-state index in [1.807, 2.05) is 31.2 Å². The lowest BCUT2D eigenvalue weighted by molar-refractivity contribution is 0.403. The Morgan fingerprint density at radius 1 is 1.00 bits per heavy atom. The molecule has 4 nitrogen and oxygen atoms in total. The van der Waals surface area contributed by atoms with Gasteiger partial charge in [-0.1, -0.05) is 48.5 Å². The standard InChI is InChI=1S/C22H19NO3/c1-3-14-11-18(20(24)12-21(14)25-2)22-19(13-26-23-22)17-9-8-15-6-4-5-7-16(15)10-17/h4-13,24H,3H2,1-2H3. The second kappa shape index (κ2) is 6.56. The number of hydrogen-bond donors (Lipinski definition) is 1. The number of benzene rings is 3. The zero-order valence-corrected chi connectivity index (χ0v) is 14.7. The van der Waals surface area contributed by atoms with Crippen LogP contribution in [0.5, 0.6) is 11.5 Å². The lowest BCUT2D eigenvalue weighted by Crippen LogP contribution is -1.93. The van der Waals surface area contributed by atoms with Crippen molar-refractivity contribution in [1.29, 1.82) is 0 Å². The topological polar surface area (TPSA) is 55.5 Å². The van der Waals surface area contributed by atoms with E-state index in [2.05, 4.69) is 29.4 Å². The highest BCUT2D eigenvalue weighted by atomic mass is 16.5. The van der Waals surface area contributed by atoms with Crippen LogP contribution in [0.2, 0.25) is 0 Å². The van der Waals surface area contributed by atoms with Crippen LogP contribution >= 0.6 is 0 Å². The molecule has 3 aromatic carbocycles. The van der Waals surface area contributed by atoms with Crippen LogP contribution in [0, 0.1) is 0 Å². The third kappa shape index (κ3) is 2.69. The molecular weight excluding hydrogens is 326 g/mol. The molecule has 0 spiro atoms. The van der Waals surface area contributed by atoms with Gasteiger partial charge in [-0.25, -0.2) is 0 Å². The number of aromatic hydroxyl groups is 1. The summed E-state index contributed by atoms with van der Waals surface area (Å²) in [4.78, 5) is 0. The van der Waals surface area contributed by atoms with Crippen LogP contribution in [-0.2, 0) is 6.42 Å². The van der Waals surface area contributed by atoms with E-state index in [1.165, 1.54) is 5.39 Å². The van der Waals surface area contributed by atoms with Crippen molar-refractivity contribution in [2.45, 2.75) is 13.3 Å². The number of methoxy groups -OCH3 is 1. The van der Waals surface area contributed by atoms with Gasteiger partial charge in [-0.15, -0.1) is 0 Å². The third-order valence-corrected chi connectivity index (χ3v) is 4.66. The molecule has 0 fully saturated rings. The van der Waals surface area contributed by atoms with Crippen LogP contribution in [0.3, 0.4) is 0 Å². The molecule has 0 radical (unpaired) electrons. The molecule has 4 rings (SSSR count). The highest BCUT2D eigenvalue weighted by Crippen LogP contribution is 2.40. The summed E-state index contributed by atoms with van der Waals surface area (Å²) in [5.74, 6) is 0.791. The van der Waals surface area contributed by atoms with E-state index in [4.69, 9.17) is 9.26 Å². The number of fused-ring (bicyclic) bond motifs is 1. The molecule has 26 heavy (non-hydrogen) atoms. The fraction of sp³-hybridized carbons (Fsp3) is 0.136. The van der Waals surface area contributed by atoms with Crippen molar-refractivity contribution < 1.29 is 14.4 Å². The van der Waals surface area contributed by atoms with E-state index < -0.39 is 0 Å². The number of ether oxygens (including phenoxy) is 1. The Balaban J connectivity index is 1.87. The summed E-state index contributed by atoms with van der Waals surface area (Å²) in [5.41, 5.74) is 4.11. The van der Waals surface area contributed by atoms with Crippen molar-refractivity contribution >= 4 is 10.8 Å². The predicted molar refractivity (Wildman–Crippen MR) is 102 cm³/mol. The largest absolute Gasteiger partial charge is 0.507 e.